The van der Waals surface area contributed by atoms with E-state index in [2.05, 4.69) is 5.32 Å². The topological polar surface area (TPSA) is 55.4 Å². The number of anilines is 1. The summed E-state index contributed by atoms with van der Waals surface area (Å²) in [5.41, 5.74) is 2.25. The molecule has 3 rings (SSSR count). The molecule has 0 aliphatic carbocycles. The lowest BCUT2D eigenvalue weighted by Crippen LogP contribution is -2.14. The zero-order chi connectivity index (χ0) is 19.9. The lowest BCUT2D eigenvalue weighted by Gasteiger charge is -2.06. The van der Waals surface area contributed by atoms with Crippen LogP contribution in [0, 0.1) is 5.82 Å². The molecule has 6 heteroatoms. The maximum atomic E-state index is 13.2. The molecule has 3 aromatic rings. The molecular formula is C22H20FNO3S. The SMILES string of the molecule is CCOC(=O)c1sc(-c2ccc(F)cc2)cc1NC(=O)CCc1ccccc1. The van der Waals surface area contributed by atoms with Crippen LogP contribution in [-0.4, -0.2) is 18.5 Å². The molecule has 1 N–H and O–H groups in total. The fourth-order valence-electron chi connectivity index (χ4n) is 2.70. The van der Waals surface area contributed by atoms with Crippen LogP contribution in [0.1, 0.15) is 28.6 Å². The zero-order valence-corrected chi connectivity index (χ0v) is 16.2. The van der Waals surface area contributed by atoms with Crippen molar-refractivity contribution in [1.82, 2.24) is 0 Å². The minimum absolute atomic E-state index is 0.183. The molecule has 1 amide bonds. The molecule has 144 valence electrons. The Morgan fingerprint density at radius 2 is 1.79 bits per heavy atom. The van der Waals surface area contributed by atoms with Crippen LogP contribution in [0.15, 0.2) is 60.7 Å². The molecule has 0 bridgehead atoms. The number of nitrogens with one attached hydrogen (secondary N) is 1. The van der Waals surface area contributed by atoms with Crippen molar-refractivity contribution in [2.75, 3.05) is 11.9 Å². The van der Waals surface area contributed by atoms with E-state index in [0.717, 1.165) is 16.0 Å². The van der Waals surface area contributed by atoms with Gasteiger partial charge >= 0.3 is 5.97 Å². The highest BCUT2D eigenvalue weighted by Gasteiger charge is 2.20. The molecule has 0 aliphatic rings. The fraction of sp³-hybridized carbons (Fsp3) is 0.182. The number of thiophene rings is 1. The Morgan fingerprint density at radius 1 is 1.07 bits per heavy atom. The smallest absolute Gasteiger partial charge is 0.350 e. The van der Waals surface area contributed by atoms with Crippen LogP contribution >= 0.6 is 11.3 Å². The zero-order valence-electron chi connectivity index (χ0n) is 15.4. The van der Waals surface area contributed by atoms with Crippen LogP contribution in [0.2, 0.25) is 0 Å². The number of carbonyl (C=O) groups excluding carboxylic acids is 2. The molecule has 0 radical (unpaired) electrons. The van der Waals surface area contributed by atoms with Crippen LogP contribution in [0.4, 0.5) is 10.1 Å². The van der Waals surface area contributed by atoms with Crippen molar-refractivity contribution < 1.29 is 18.7 Å². The van der Waals surface area contributed by atoms with Crippen LogP contribution < -0.4 is 5.32 Å². The average molecular weight is 397 g/mol. The molecule has 0 saturated heterocycles. The molecule has 28 heavy (non-hydrogen) atoms. The molecular weight excluding hydrogens is 377 g/mol. The van der Waals surface area contributed by atoms with E-state index in [1.165, 1.54) is 23.5 Å². The summed E-state index contributed by atoms with van der Waals surface area (Å²) in [4.78, 5) is 25.8. The highest BCUT2D eigenvalue weighted by molar-refractivity contribution is 7.18. The second kappa shape index (κ2) is 9.28. The number of rotatable bonds is 7. The lowest BCUT2D eigenvalue weighted by molar-refractivity contribution is -0.116. The van der Waals surface area contributed by atoms with Crippen LogP contribution in [0.3, 0.4) is 0 Å². The van der Waals surface area contributed by atoms with Crippen LogP contribution in [0.5, 0.6) is 0 Å². The molecule has 0 atom stereocenters. The third-order valence-electron chi connectivity index (χ3n) is 4.08. The summed E-state index contributed by atoms with van der Waals surface area (Å²) in [5, 5.41) is 2.82. The van der Waals surface area contributed by atoms with Gasteiger partial charge in [-0.15, -0.1) is 11.3 Å². The molecule has 0 saturated carbocycles. The van der Waals surface area contributed by atoms with E-state index in [9.17, 15) is 14.0 Å². The average Bonchev–Trinajstić information content (AvgIpc) is 3.12. The highest BCUT2D eigenvalue weighted by atomic mass is 32.1. The van der Waals surface area contributed by atoms with E-state index in [1.54, 1.807) is 25.1 Å². The predicted octanol–water partition coefficient (Wildman–Crippen LogP) is 5.30. The van der Waals surface area contributed by atoms with E-state index in [-0.39, 0.29) is 18.3 Å². The fourth-order valence-corrected chi connectivity index (χ4v) is 3.72. The number of ether oxygens (including phenoxy) is 1. The minimum Gasteiger partial charge on any atom is -0.462 e. The van der Waals surface area contributed by atoms with Crippen molar-refractivity contribution in [3.8, 4) is 10.4 Å². The van der Waals surface area contributed by atoms with Gasteiger partial charge in [-0.05, 0) is 42.7 Å². The first kappa shape index (κ1) is 19.8. The van der Waals surface area contributed by atoms with Crippen molar-refractivity contribution in [1.29, 1.82) is 0 Å². The second-order valence-electron chi connectivity index (χ2n) is 6.11. The Bertz CT molecular complexity index is 952. The Morgan fingerprint density at radius 3 is 2.46 bits per heavy atom. The predicted molar refractivity (Wildman–Crippen MR) is 109 cm³/mol. The van der Waals surface area contributed by atoms with Gasteiger partial charge in [0.15, 0.2) is 0 Å². The number of aryl methyl sites for hydroxylation is 1. The largest absolute Gasteiger partial charge is 0.462 e. The van der Waals surface area contributed by atoms with Gasteiger partial charge in [0.1, 0.15) is 10.7 Å². The molecule has 0 fully saturated rings. The molecule has 4 nitrogen and oxygen atoms in total. The van der Waals surface area contributed by atoms with Gasteiger partial charge in [0.05, 0.1) is 12.3 Å². The summed E-state index contributed by atoms with van der Waals surface area (Å²) in [6, 6.07) is 17.4. The van der Waals surface area contributed by atoms with Gasteiger partial charge in [0, 0.05) is 11.3 Å². The number of benzene rings is 2. The quantitative estimate of drug-likeness (QED) is 0.550. The molecule has 1 heterocycles. The van der Waals surface area contributed by atoms with Gasteiger partial charge in [-0.2, -0.15) is 0 Å². The van der Waals surface area contributed by atoms with E-state index in [4.69, 9.17) is 4.74 Å². The van der Waals surface area contributed by atoms with Crippen molar-refractivity contribution in [2.45, 2.75) is 19.8 Å². The summed E-state index contributed by atoms with van der Waals surface area (Å²) in [6.07, 6.45) is 0.907. The third-order valence-corrected chi connectivity index (χ3v) is 5.24. The van der Waals surface area contributed by atoms with Gasteiger partial charge in [-0.25, -0.2) is 9.18 Å². The maximum absolute atomic E-state index is 13.2. The summed E-state index contributed by atoms with van der Waals surface area (Å²) >= 11 is 1.21. The van der Waals surface area contributed by atoms with E-state index >= 15 is 0 Å². The number of esters is 1. The van der Waals surface area contributed by atoms with E-state index < -0.39 is 5.97 Å². The van der Waals surface area contributed by atoms with Gasteiger partial charge < -0.3 is 10.1 Å². The van der Waals surface area contributed by atoms with Crippen LogP contribution in [0.25, 0.3) is 10.4 Å². The monoisotopic (exact) mass is 397 g/mol. The van der Waals surface area contributed by atoms with Gasteiger partial charge in [0.2, 0.25) is 5.91 Å². The van der Waals surface area contributed by atoms with Crippen molar-refractivity contribution >= 4 is 28.9 Å². The molecule has 2 aromatic carbocycles. The summed E-state index contributed by atoms with van der Waals surface area (Å²) in [7, 11) is 0. The standard InChI is InChI=1S/C22H20FNO3S/c1-2-27-22(26)21-18(14-19(28-21)16-9-11-17(23)12-10-16)24-20(25)13-8-15-6-4-3-5-7-15/h3-7,9-12,14H,2,8,13H2,1H3,(H,24,25). The number of amides is 1. The number of hydrogen-bond acceptors (Lipinski definition) is 4. The van der Waals surface area contributed by atoms with Gasteiger partial charge in [-0.3, -0.25) is 4.79 Å². The minimum atomic E-state index is -0.487. The first-order valence-electron chi connectivity index (χ1n) is 8.97. The Hall–Kier alpha value is -2.99. The number of hydrogen-bond donors (Lipinski definition) is 1. The normalized spacial score (nSPS) is 10.5. The van der Waals surface area contributed by atoms with Crippen molar-refractivity contribution in [3.63, 3.8) is 0 Å². The molecule has 0 spiro atoms. The van der Waals surface area contributed by atoms with Crippen molar-refractivity contribution in [3.05, 3.63) is 76.9 Å². The number of carbonyl (C=O) groups is 2. The van der Waals surface area contributed by atoms with E-state index in [1.807, 2.05) is 30.3 Å². The second-order valence-corrected chi connectivity index (χ2v) is 7.17. The Labute approximate surface area is 167 Å². The van der Waals surface area contributed by atoms with Gasteiger partial charge in [0.25, 0.3) is 0 Å². The summed E-state index contributed by atoms with van der Waals surface area (Å²) < 4.78 is 18.3. The highest BCUT2D eigenvalue weighted by Crippen LogP contribution is 2.35. The van der Waals surface area contributed by atoms with Crippen LogP contribution in [-0.2, 0) is 16.0 Å². The molecule has 1 aromatic heterocycles. The third kappa shape index (κ3) is 5.04. The van der Waals surface area contributed by atoms with Gasteiger partial charge in [-0.1, -0.05) is 42.5 Å². The lowest BCUT2D eigenvalue weighted by atomic mass is 10.1. The molecule has 0 unspecified atom stereocenters. The Kier molecular flexibility index (Phi) is 6.55. The number of halogens is 1. The Balaban J connectivity index is 1.78. The van der Waals surface area contributed by atoms with E-state index in [0.29, 0.717) is 23.4 Å². The first-order valence-corrected chi connectivity index (χ1v) is 9.79. The summed E-state index contributed by atoms with van der Waals surface area (Å²) in [6.45, 7) is 1.97. The molecule has 0 aliphatic heterocycles. The first-order chi connectivity index (χ1) is 13.6. The summed E-state index contributed by atoms with van der Waals surface area (Å²) in [5.74, 6) is -1.00. The maximum Gasteiger partial charge on any atom is 0.350 e. The van der Waals surface area contributed by atoms with Crippen molar-refractivity contribution in [2.24, 2.45) is 0 Å².